The lowest BCUT2D eigenvalue weighted by atomic mass is 10.2. The van der Waals surface area contributed by atoms with E-state index in [2.05, 4.69) is 10.0 Å². The summed E-state index contributed by atoms with van der Waals surface area (Å²) in [5, 5.41) is 13.4. The third kappa shape index (κ3) is 5.25. The Morgan fingerprint density at radius 3 is 2.57 bits per heavy atom. The van der Waals surface area contributed by atoms with Crippen LogP contribution in [0.1, 0.15) is 10.4 Å². The average Bonchev–Trinajstić information content (AvgIpc) is 2.66. The molecule has 2 aromatic rings. The number of nitro benzene ring substituents is 1. The van der Waals surface area contributed by atoms with Crippen LogP contribution in [0.15, 0.2) is 47.4 Å². The third-order valence-corrected chi connectivity index (χ3v) is 5.06. The van der Waals surface area contributed by atoms with Crippen LogP contribution >= 0.6 is 11.6 Å². The number of halogens is 1. The zero-order chi connectivity index (χ0) is 20.9. The highest BCUT2D eigenvalue weighted by atomic mass is 35.5. The van der Waals surface area contributed by atoms with E-state index in [4.69, 9.17) is 16.3 Å². The van der Waals surface area contributed by atoms with E-state index in [0.29, 0.717) is 0 Å². The molecule has 0 atom stereocenters. The first kappa shape index (κ1) is 21.3. The molecule has 0 spiro atoms. The van der Waals surface area contributed by atoms with E-state index in [0.717, 1.165) is 12.1 Å². The van der Waals surface area contributed by atoms with Gasteiger partial charge in [0.25, 0.3) is 11.6 Å². The number of carbonyl (C=O) groups excluding carboxylic acids is 2. The molecule has 0 bridgehead atoms. The highest BCUT2D eigenvalue weighted by Crippen LogP contribution is 2.27. The number of ether oxygens (including phenoxy) is 1. The van der Waals surface area contributed by atoms with Gasteiger partial charge in [-0.25, -0.2) is 17.9 Å². The van der Waals surface area contributed by atoms with Gasteiger partial charge in [0.05, 0.1) is 15.4 Å². The van der Waals surface area contributed by atoms with Gasteiger partial charge in [0.15, 0.2) is 6.61 Å². The summed E-state index contributed by atoms with van der Waals surface area (Å²) in [6.45, 7) is -0.745. The Bertz CT molecular complexity index is 1040. The number of sulfonamides is 1. The van der Waals surface area contributed by atoms with E-state index in [9.17, 15) is 28.1 Å². The maximum absolute atomic E-state index is 12.1. The Morgan fingerprint density at radius 2 is 1.93 bits per heavy atom. The van der Waals surface area contributed by atoms with Crippen molar-refractivity contribution in [2.75, 3.05) is 19.0 Å². The maximum atomic E-state index is 12.1. The molecule has 0 heterocycles. The van der Waals surface area contributed by atoms with Crippen molar-refractivity contribution >= 4 is 44.9 Å². The van der Waals surface area contributed by atoms with Crippen molar-refractivity contribution in [3.8, 4) is 0 Å². The number of benzene rings is 2. The minimum absolute atomic E-state index is 0.0853. The van der Waals surface area contributed by atoms with Crippen LogP contribution in [0.2, 0.25) is 5.02 Å². The topological polar surface area (TPSA) is 145 Å². The van der Waals surface area contributed by atoms with Crippen molar-refractivity contribution in [2.45, 2.75) is 4.90 Å². The van der Waals surface area contributed by atoms with Crippen LogP contribution < -0.4 is 10.0 Å². The van der Waals surface area contributed by atoms with Crippen molar-refractivity contribution in [3.05, 3.63) is 63.2 Å². The van der Waals surface area contributed by atoms with Crippen molar-refractivity contribution in [2.24, 2.45) is 0 Å². The molecule has 2 rings (SSSR count). The van der Waals surface area contributed by atoms with Gasteiger partial charge in [0.2, 0.25) is 10.0 Å². The summed E-state index contributed by atoms with van der Waals surface area (Å²) in [7, 11) is -2.53. The van der Waals surface area contributed by atoms with Gasteiger partial charge in [-0.2, -0.15) is 0 Å². The standard InChI is InChI=1S/C16H14ClN3O7S/c1-18-28(25,26)12-4-2-3-10(7-12)16(22)27-9-15(21)19-13-8-11(17)5-6-14(13)20(23)24/h2-8,18H,9H2,1H3,(H,19,21). The lowest BCUT2D eigenvalue weighted by Crippen LogP contribution is -2.22. The smallest absolute Gasteiger partial charge is 0.338 e. The van der Waals surface area contributed by atoms with Crippen molar-refractivity contribution < 1.29 is 27.7 Å². The van der Waals surface area contributed by atoms with Gasteiger partial charge in [-0.3, -0.25) is 14.9 Å². The fourth-order valence-corrected chi connectivity index (χ4v) is 3.02. The molecule has 0 aliphatic carbocycles. The lowest BCUT2D eigenvalue weighted by Gasteiger charge is -2.08. The van der Waals surface area contributed by atoms with E-state index >= 15 is 0 Å². The molecule has 12 heteroatoms. The molecule has 0 saturated carbocycles. The SMILES string of the molecule is CNS(=O)(=O)c1cccc(C(=O)OCC(=O)Nc2cc(Cl)ccc2[N+](=O)[O-])c1. The quantitative estimate of drug-likeness (QED) is 0.390. The van der Waals surface area contributed by atoms with E-state index < -0.39 is 33.4 Å². The molecule has 0 unspecified atom stereocenters. The van der Waals surface area contributed by atoms with Crippen LogP contribution in [-0.2, 0) is 19.6 Å². The number of nitrogens with zero attached hydrogens (tertiary/aromatic N) is 1. The number of anilines is 1. The largest absolute Gasteiger partial charge is 0.452 e. The van der Waals surface area contributed by atoms with Crippen LogP contribution in [-0.4, -0.2) is 38.9 Å². The molecule has 0 fully saturated rings. The third-order valence-electron chi connectivity index (χ3n) is 3.41. The molecule has 0 saturated heterocycles. The van der Waals surface area contributed by atoms with Gasteiger partial charge in [0.1, 0.15) is 5.69 Å². The van der Waals surface area contributed by atoms with E-state index in [1.165, 1.54) is 37.4 Å². The summed E-state index contributed by atoms with van der Waals surface area (Å²) in [4.78, 5) is 34.1. The molecule has 148 valence electrons. The Labute approximate surface area is 164 Å². The van der Waals surface area contributed by atoms with Gasteiger partial charge >= 0.3 is 5.97 Å². The number of rotatable bonds is 7. The maximum Gasteiger partial charge on any atom is 0.338 e. The molecule has 0 aliphatic rings. The van der Waals surface area contributed by atoms with Crippen LogP contribution in [0, 0.1) is 10.1 Å². The Hall–Kier alpha value is -3.02. The number of amides is 1. The number of esters is 1. The zero-order valence-corrected chi connectivity index (χ0v) is 15.9. The second kappa shape index (κ2) is 8.78. The fourth-order valence-electron chi connectivity index (χ4n) is 2.08. The molecule has 28 heavy (non-hydrogen) atoms. The number of hydrogen-bond acceptors (Lipinski definition) is 7. The predicted octanol–water partition coefficient (Wildman–Crippen LogP) is 1.95. The summed E-state index contributed by atoms with van der Waals surface area (Å²) in [6.07, 6.45) is 0. The Kier molecular flexibility index (Phi) is 6.67. The van der Waals surface area contributed by atoms with Crippen molar-refractivity contribution in [3.63, 3.8) is 0 Å². The molecule has 2 aromatic carbocycles. The van der Waals surface area contributed by atoms with E-state index in [1.807, 2.05) is 0 Å². The fraction of sp³-hybridized carbons (Fsp3) is 0.125. The zero-order valence-electron chi connectivity index (χ0n) is 14.3. The van der Waals surface area contributed by atoms with Crippen LogP contribution in [0.3, 0.4) is 0 Å². The summed E-state index contributed by atoms with van der Waals surface area (Å²) in [6, 6.07) is 8.64. The highest BCUT2D eigenvalue weighted by molar-refractivity contribution is 7.89. The first-order valence-corrected chi connectivity index (χ1v) is 9.44. The van der Waals surface area contributed by atoms with Gasteiger partial charge in [-0.05, 0) is 37.4 Å². The second-order valence-corrected chi connectivity index (χ2v) is 7.60. The summed E-state index contributed by atoms with van der Waals surface area (Å²) in [5.74, 6) is -1.78. The van der Waals surface area contributed by atoms with Gasteiger partial charge in [-0.15, -0.1) is 0 Å². The molecular formula is C16H14ClN3O7S. The van der Waals surface area contributed by atoms with E-state index in [-0.39, 0.29) is 26.9 Å². The van der Waals surface area contributed by atoms with Crippen LogP contribution in [0.5, 0.6) is 0 Å². The monoisotopic (exact) mass is 427 g/mol. The average molecular weight is 428 g/mol. The molecular weight excluding hydrogens is 414 g/mol. The van der Waals surface area contributed by atoms with Gasteiger partial charge < -0.3 is 10.1 Å². The molecule has 10 nitrogen and oxygen atoms in total. The predicted molar refractivity (Wildman–Crippen MR) is 99.7 cm³/mol. The molecule has 2 N–H and O–H groups in total. The first-order chi connectivity index (χ1) is 13.1. The first-order valence-electron chi connectivity index (χ1n) is 7.58. The summed E-state index contributed by atoms with van der Waals surface area (Å²) < 4.78 is 30.5. The number of nitrogens with one attached hydrogen (secondary N) is 2. The summed E-state index contributed by atoms with van der Waals surface area (Å²) >= 11 is 5.76. The summed E-state index contributed by atoms with van der Waals surface area (Å²) in [5.41, 5.74) is -0.618. The highest BCUT2D eigenvalue weighted by Gasteiger charge is 2.19. The normalized spacial score (nSPS) is 10.9. The van der Waals surface area contributed by atoms with Crippen molar-refractivity contribution in [1.29, 1.82) is 0 Å². The molecule has 0 radical (unpaired) electrons. The van der Waals surface area contributed by atoms with Crippen molar-refractivity contribution in [1.82, 2.24) is 4.72 Å². The molecule has 1 amide bonds. The number of carbonyl (C=O) groups is 2. The van der Waals surface area contributed by atoms with E-state index in [1.54, 1.807) is 0 Å². The van der Waals surface area contributed by atoms with Crippen LogP contribution in [0.25, 0.3) is 0 Å². The minimum Gasteiger partial charge on any atom is -0.452 e. The second-order valence-electron chi connectivity index (χ2n) is 5.28. The Balaban J connectivity index is 2.06. The number of hydrogen-bond donors (Lipinski definition) is 2. The molecule has 0 aliphatic heterocycles. The molecule has 0 aromatic heterocycles. The van der Waals surface area contributed by atoms with Gasteiger partial charge in [-0.1, -0.05) is 17.7 Å². The van der Waals surface area contributed by atoms with Gasteiger partial charge in [0, 0.05) is 11.1 Å². The number of nitro groups is 1. The van der Waals surface area contributed by atoms with Crippen LogP contribution in [0.4, 0.5) is 11.4 Å². The Morgan fingerprint density at radius 1 is 1.21 bits per heavy atom. The minimum atomic E-state index is -3.76. The lowest BCUT2D eigenvalue weighted by molar-refractivity contribution is -0.383.